The lowest BCUT2D eigenvalue weighted by Crippen LogP contribution is -1.92. The molecule has 1 heteroatoms. The first-order chi connectivity index (χ1) is 5.83. The molecule has 12 heavy (non-hydrogen) atoms. The molecule has 0 bridgehead atoms. The van der Waals surface area contributed by atoms with Crippen molar-refractivity contribution in [2.24, 2.45) is 0 Å². The highest BCUT2D eigenvalue weighted by atomic mass is 35.5. The molecule has 0 aliphatic heterocycles. The normalized spacial score (nSPS) is 11.2. The monoisotopic (exact) mass is 179 g/mol. The summed E-state index contributed by atoms with van der Waals surface area (Å²) in [5, 5.41) is 0. The summed E-state index contributed by atoms with van der Waals surface area (Å²) in [5.41, 5.74) is 2.88. The number of benzene rings is 1. The maximum atomic E-state index is 5.46. The van der Waals surface area contributed by atoms with Gasteiger partial charge < -0.3 is 0 Å². The Hall–Kier alpha value is -0.750. The molecule has 0 spiro atoms. The molecule has 0 saturated carbocycles. The lowest BCUT2D eigenvalue weighted by molar-refractivity contribution is 1.03. The maximum Gasteiger partial charge on any atom is 0.000839 e. The van der Waals surface area contributed by atoms with Crippen molar-refractivity contribution < 1.29 is 0 Å². The van der Waals surface area contributed by atoms with E-state index >= 15 is 0 Å². The van der Waals surface area contributed by atoms with Crippen LogP contribution in [0.15, 0.2) is 41.9 Å². The summed E-state index contributed by atoms with van der Waals surface area (Å²) < 4.78 is 0. The van der Waals surface area contributed by atoms with Crippen LogP contribution in [0, 0.1) is 5.92 Å². The van der Waals surface area contributed by atoms with Crippen LogP contribution >= 0.6 is 11.6 Å². The summed E-state index contributed by atoms with van der Waals surface area (Å²) in [6.07, 6.45) is 2.90. The summed E-state index contributed by atoms with van der Waals surface area (Å²) in [6, 6.07) is 10.4. The highest BCUT2D eigenvalue weighted by molar-refractivity contribution is 6.25. The van der Waals surface area contributed by atoms with E-state index in [0.717, 1.165) is 6.42 Å². The molecule has 0 aliphatic rings. The van der Waals surface area contributed by atoms with Gasteiger partial charge in [0, 0.05) is 5.54 Å². The van der Waals surface area contributed by atoms with E-state index in [1.54, 1.807) is 5.54 Å². The maximum absolute atomic E-state index is 5.46. The lowest BCUT2D eigenvalue weighted by atomic mass is 10.0. The van der Waals surface area contributed by atoms with Gasteiger partial charge >= 0.3 is 0 Å². The first-order valence-electron chi connectivity index (χ1n) is 3.96. The minimum Gasteiger partial charge on any atom is -0.0933 e. The third kappa shape index (κ3) is 3.10. The van der Waals surface area contributed by atoms with Crippen LogP contribution < -0.4 is 0 Å². The molecule has 1 aromatic rings. The third-order valence-corrected chi connectivity index (χ3v) is 1.80. The number of allylic oxidation sites excluding steroid dienone is 1. The summed E-state index contributed by atoms with van der Waals surface area (Å²) in [5.74, 6) is 1.27. The average molecular weight is 180 g/mol. The molecular weight excluding hydrogens is 168 g/mol. The van der Waals surface area contributed by atoms with Crippen LogP contribution in [-0.4, -0.2) is 0 Å². The van der Waals surface area contributed by atoms with Gasteiger partial charge in [-0.2, -0.15) is 0 Å². The predicted octanol–water partition coefficient (Wildman–Crippen LogP) is 3.58. The van der Waals surface area contributed by atoms with Gasteiger partial charge in [0.1, 0.15) is 0 Å². The van der Waals surface area contributed by atoms with Crippen molar-refractivity contribution in [3.8, 4) is 0 Å². The first kappa shape index (κ1) is 9.34. The largest absolute Gasteiger partial charge is 0.0933 e. The van der Waals surface area contributed by atoms with Crippen LogP contribution in [0.1, 0.15) is 12.5 Å². The highest BCUT2D eigenvalue weighted by Gasteiger charge is 1.98. The second kappa shape index (κ2) is 5.00. The zero-order chi connectivity index (χ0) is 8.81. The van der Waals surface area contributed by atoms with Crippen LogP contribution in [-0.2, 0) is 6.42 Å². The van der Waals surface area contributed by atoms with Gasteiger partial charge in [-0.3, -0.25) is 0 Å². The summed E-state index contributed by atoms with van der Waals surface area (Å²) in [6.45, 7) is 2.08. The number of halogens is 1. The van der Waals surface area contributed by atoms with E-state index in [4.69, 9.17) is 11.6 Å². The van der Waals surface area contributed by atoms with Crippen molar-refractivity contribution in [2.75, 3.05) is 0 Å². The van der Waals surface area contributed by atoms with Crippen LogP contribution in [0.3, 0.4) is 0 Å². The molecule has 0 fully saturated rings. The molecule has 0 heterocycles. The lowest BCUT2D eigenvalue weighted by Gasteiger charge is -2.03. The Morgan fingerprint density at radius 3 is 2.58 bits per heavy atom. The zero-order valence-corrected chi connectivity index (χ0v) is 7.88. The van der Waals surface area contributed by atoms with Gasteiger partial charge in [0.25, 0.3) is 0 Å². The molecule has 0 unspecified atom stereocenters. The van der Waals surface area contributed by atoms with Crippen LogP contribution in [0.2, 0.25) is 0 Å². The zero-order valence-electron chi connectivity index (χ0n) is 7.13. The molecule has 0 saturated heterocycles. The SMILES string of the molecule is C[C](C=CCl)Cc1ccccc1. The molecule has 63 valence electrons. The smallest absolute Gasteiger partial charge is 0.000839 e. The van der Waals surface area contributed by atoms with Crippen LogP contribution in [0.5, 0.6) is 0 Å². The molecule has 1 radical (unpaired) electrons. The van der Waals surface area contributed by atoms with Gasteiger partial charge in [0.2, 0.25) is 0 Å². The molecule has 1 rings (SSSR count). The fourth-order valence-corrected chi connectivity index (χ4v) is 1.30. The molecule has 1 aromatic carbocycles. The van der Waals surface area contributed by atoms with E-state index in [-0.39, 0.29) is 0 Å². The molecule has 0 atom stereocenters. The first-order valence-corrected chi connectivity index (χ1v) is 4.39. The highest BCUT2D eigenvalue weighted by Crippen LogP contribution is 2.11. The van der Waals surface area contributed by atoms with Crippen LogP contribution in [0.25, 0.3) is 0 Å². The van der Waals surface area contributed by atoms with Gasteiger partial charge in [0.15, 0.2) is 0 Å². The van der Waals surface area contributed by atoms with Gasteiger partial charge in [0.05, 0.1) is 0 Å². The summed E-state index contributed by atoms with van der Waals surface area (Å²) in [4.78, 5) is 0. The van der Waals surface area contributed by atoms with Crippen molar-refractivity contribution in [1.29, 1.82) is 0 Å². The molecule has 0 aliphatic carbocycles. The number of hydrogen-bond acceptors (Lipinski definition) is 0. The van der Waals surface area contributed by atoms with E-state index in [1.807, 2.05) is 24.3 Å². The fraction of sp³-hybridized carbons (Fsp3) is 0.182. The molecule has 0 nitrogen and oxygen atoms in total. The Bertz CT molecular complexity index is 238. The molecule has 0 aromatic heterocycles. The van der Waals surface area contributed by atoms with E-state index < -0.39 is 0 Å². The van der Waals surface area contributed by atoms with Crippen molar-refractivity contribution >= 4 is 11.6 Å². The van der Waals surface area contributed by atoms with Gasteiger partial charge in [-0.25, -0.2) is 0 Å². The van der Waals surface area contributed by atoms with Crippen LogP contribution in [0.4, 0.5) is 0 Å². The number of rotatable bonds is 3. The van der Waals surface area contributed by atoms with Gasteiger partial charge in [-0.05, 0) is 17.9 Å². The molecule has 0 amide bonds. The van der Waals surface area contributed by atoms with Crippen molar-refractivity contribution in [2.45, 2.75) is 13.3 Å². The second-order valence-electron chi connectivity index (χ2n) is 2.80. The Morgan fingerprint density at radius 1 is 1.33 bits per heavy atom. The van der Waals surface area contributed by atoms with Crippen molar-refractivity contribution in [3.05, 3.63) is 53.4 Å². The second-order valence-corrected chi connectivity index (χ2v) is 3.05. The minimum atomic E-state index is 0.976. The van der Waals surface area contributed by atoms with Gasteiger partial charge in [-0.15, -0.1) is 0 Å². The van der Waals surface area contributed by atoms with E-state index in [0.29, 0.717) is 0 Å². The van der Waals surface area contributed by atoms with E-state index in [9.17, 15) is 0 Å². The Labute approximate surface area is 78.9 Å². The predicted molar refractivity (Wildman–Crippen MR) is 54.1 cm³/mol. The quantitative estimate of drug-likeness (QED) is 0.666. The standard InChI is InChI=1S/C11H12Cl/c1-10(7-8-12)9-11-5-3-2-4-6-11/h2-8H,9H2,1H3. The number of hydrogen-bond donors (Lipinski definition) is 0. The van der Waals surface area contributed by atoms with E-state index in [1.165, 1.54) is 11.5 Å². The van der Waals surface area contributed by atoms with Crippen molar-refractivity contribution in [1.82, 2.24) is 0 Å². The van der Waals surface area contributed by atoms with Crippen molar-refractivity contribution in [3.63, 3.8) is 0 Å². The molecular formula is C11H12Cl. The average Bonchev–Trinajstić information content (AvgIpc) is 2.06. The Balaban J connectivity index is 2.52. The fourth-order valence-electron chi connectivity index (χ4n) is 1.08. The summed E-state index contributed by atoms with van der Waals surface area (Å²) >= 11 is 5.46. The Kier molecular flexibility index (Phi) is 3.89. The minimum absolute atomic E-state index is 0.976. The topological polar surface area (TPSA) is 0 Å². The Morgan fingerprint density at radius 2 is 2.00 bits per heavy atom. The molecule has 0 N–H and O–H groups in total. The third-order valence-electron chi connectivity index (χ3n) is 1.67. The summed E-state index contributed by atoms with van der Waals surface area (Å²) in [7, 11) is 0. The van der Waals surface area contributed by atoms with E-state index in [2.05, 4.69) is 19.1 Å². The van der Waals surface area contributed by atoms with Gasteiger partial charge in [-0.1, -0.05) is 54.9 Å².